The Morgan fingerprint density at radius 3 is 2.08 bits per heavy atom. The monoisotopic (exact) mass is 492 g/mol. The minimum Gasteiger partial charge on any atom is -0.465 e. The number of carbonyl (C=O) groups is 4. The zero-order chi connectivity index (χ0) is 26.0. The van der Waals surface area contributed by atoms with Crippen molar-refractivity contribution in [1.29, 1.82) is 0 Å². The molecule has 0 spiro atoms. The number of ether oxygens (including phenoxy) is 2. The second-order valence-corrected chi connectivity index (χ2v) is 8.33. The largest absolute Gasteiger partial charge is 0.465 e. The maximum Gasteiger partial charge on any atom is 0.336 e. The predicted octanol–water partition coefficient (Wildman–Crippen LogP) is 3.68. The van der Waals surface area contributed by atoms with Gasteiger partial charge in [-0.1, -0.05) is 24.3 Å². The van der Waals surface area contributed by atoms with Gasteiger partial charge in [-0.15, -0.1) is 0 Å². The van der Waals surface area contributed by atoms with Gasteiger partial charge in [0.25, 0.3) is 11.8 Å². The van der Waals surface area contributed by atoms with Crippen LogP contribution in [0.15, 0.2) is 64.8 Å². The zero-order valence-electron chi connectivity index (χ0n) is 20.1. The third-order valence-electron chi connectivity index (χ3n) is 6.17. The number of aliphatic imine (C=N–C) groups is 1. The van der Waals surface area contributed by atoms with E-state index in [-0.39, 0.29) is 42.2 Å². The Balaban J connectivity index is 1.86. The molecule has 0 saturated carbocycles. The van der Waals surface area contributed by atoms with E-state index in [1.165, 1.54) is 24.3 Å². The Hall–Kier alpha value is -4.14. The van der Waals surface area contributed by atoms with Gasteiger partial charge in [-0.2, -0.15) is 0 Å². The maximum absolute atomic E-state index is 13.7. The number of nitrogens with zero attached hydrogens (tertiary/aromatic N) is 2. The van der Waals surface area contributed by atoms with E-state index in [1.54, 1.807) is 45.0 Å². The van der Waals surface area contributed by atoms with Crippen molar-refractivity contribution in [3.8, 4) is 0 Å². The summed E-state index contributed by atoms with van der Waals surface area (Å²) in [6.07, 6.45) is 0. The summed E-state index contributed by atoms with van der Waals surface area (Å²) >= 11 is 0. The Morgan fingerprint density at radius 1 is 0.944 bits per heavy atom. The normalized spacial score (nSPS) is 19.2. The lowest BCUT2D eigenvalue weighted by molar-refractivity contribution is -0.146. The van der Waals surface area contributed by atoms with Crippen molar-refractivity contribution in [2.45, 2.75) is 26.7 Å². The van der Waals surface area contributed by atoms with Gasteiger partial charge in [0.2, 0.25) is 0 Å². The highest BCUT2D eigenvalue weighted by atomic mass is 19.1. The van der Waals surface area contributed by atoms with E-state index < -0.39 is 41.4 Å². The van der Waals surface area contributed by atoms with Crippen LogP contribution in [0.1, 0.15) is 53.0 Å². The van der Waals surface area contributed by atoms with Crippen molar-refractivity contribution in [3.05, 3.63) is 82.3 Å². The Kier molecular flexibility index (Phi) is 7.10. The Labute approximate surface area is 207 Å². The highest BCUT2D eigenvalue weighted by molar-refractivity contribution is 6.21. The summed E-state index contributed by atoms with van der Waals surface area (Å²) in [5.74, 6) is -4.76. The van der Waals surface area contributed by atoms with Crippen LogP contribution in [0, 0.1) is 11.7 Å². The van der Waals surface area contributed by atoms with E-state index >= 15 is 0 Å². The summed E-state index contributed by atoms with van der Waals surface area (Å²) in [6, 6.07) is 11.8. The van der Waals surface area contributed by atoms with Crippen LogP contribution in [-0.2, 0) is 19.1 Å². The van der Waals surface area contributed by atoms with Crippen LogP contribution in [0.2, 0.25) is 0 Å². The smallest absolute Gasteiger partial charge is 0.336 e. The fourth-order valence-electron chi connectivity index (χ4n) is 4.60. The SMILES string of the molecule is CCOC(=O)C1=C(CN2C(=O)c3ccccc3C2=O)N=C(C)C(C(=O)OCC)C1c1ccc(F)cc1. The summed E-state index contributed by atoms with van der Waals surface area (Å²) in [5, 5.41) is 0. The standard InChI is InChI=1S/C27H25FN2O6/c1-4-35-26(33)21-15(3)29-20(14-30-24(31)18-8-6-7-9-19(18)25(30)32)23(27(34)36-5-2)22(21)16-10-12-17(28)13-11-16/h6-13,21-22H,4-5,14H2,1-3H3. The van der Waals surface area contributed by atoms with Crippen molar-refractivity contribution >= 4 is 29.5 Å². The van der Waals surface area contributed by atoms with Gasteiger partial charge in [0, 0.05) is 11.6 Å². The van der Waals surface area contributed by atoms with Gasteiger partial charge in [0.05, 0.1) is 42.2 Å². The van der Waals surface area contributed by atoms with E-state index in [9.17, 15) is 23.6 Å². The molecule has 0 fully saturated rings. The molecule has 9 heteroatoms. The van der Waals surface area contributed by atoms with Gasteiger partial charge >= 0.3 is 11.9 Å². The number of amides is 2. The molecule has 2 aliphatic rings. The van der Waals surface area contributed by atoms with Crippen molar-refractivity contribution in [1.82, 2.24) is 4.90 Å². The minimum atomic E-state index is -0.985. The lowest BCUT2D eigenvalue weighted by atomic mass is 9.75. The van der Waals surface area contributed by atoms with Crippen LogP contribution in [0.4, 0.5) is 4.39 Å². The number of hydrogen-bond donors (Lipinski definition) is 0. The Bertz CT molecular complexity index is 1260. The van der Waals surface area contributed by atoms with Gasteiger partial charge in [0.15, 0.2) is 0 Å². The highest BCUT2D eigenvalue weighted by Crippen LogP contribution is 2.41. The Morgan fingerprint density at radius 2 is 1.53 bits per heavy atom. The number of esters is 2. The molecule has 2 aliphatic heterocycles. The first-order valence-electron chi connectivity index (χ1n) is 11.6. The topological polar surface area (TPSA) is 102 Å². The highest BCUT2D eigenvalue weighted by Gasteiger charge is 2.45. The molecule has 0 N–H and O–H groups in total. The maximum atomic E-state index is 13.7. The van der Waals surface area contributed by atoms with Gasteiger partial charge in [-0.25, -0.2) is 9.18 Å². The van der Waals surface area contributed by atoms with Crippen LogP contribution in [-0.4, -0.2) is 54.1 Å². The van der Waals surface area contributed by atoms with E-state index in [0.717, 1.165) is 4.90 Å². The van der Waals surface area contributed by atoms with Crippen LogP contribution in [0.5, 0.6) is 0 Å². The first-order valence-corrected chi connectivity index (χ1v) is 11.6. The third kappa shape index (κ3) is 4.44. The molecule has 0 radical (unpaired) electrons. The van der Waals surface area contributed by atoms with E-state index in [2.05, 4.69) is 4.99 Å². The molecule has 0 saturated heterocycles. The van der Waals surface area contributed by atoms with Crippen LogP contribution in [0.25, 0.3) is 0 Å². The molecule has 8 nitrogen and oxygen atoms in total. The average molecular weight is 493 g/mol. The average Bonchev–Trinajstić information content (AvgIpc) is 3.09. The first-order chi connectivity index (χ1) is 17.3. The van der Waals surface area contributed by atoms with Gasteiger partial charge in [-0.3, -0.25) is 24.3 Å². The molecule has 186 valence electrons. The summed E-state index contributed by atoms with van der Waals surface area (Å²) < 4.78 is 24.3. The molecular formula is C27H25FN2O6. The quantitative estimate of drug-likeness (QED) is 0.432. The summed E-state index contributed by atoms with van der Waals surface area (Å²) in [5.41, 5.74) is 1.46. The lowest BCUT2D eigenvalue weighted by Crippen LogP contribution is -2.39. The number of halogens is 1. The van der Waals surface area contributed by atoms with Crippen molar-refractivity contribution < 1.29 is 33.0 Å². The molecule has 0 aromatic heterocycles. The van der Waals surface area contributed by atoms with E-state index in [4.69, 9.17) is 9.47 Å². The van der Waals surface area contributed by atoms with Crippen LogP contribution >= 0.6 is 0 Å². The molecule has 2 heterocycles. The zero-order valence-corrected chi connectivity index (χ0v) is 20.1. The first kappa shape index (κ1) is 25.0. The van der Waals surface area contributed by atoms with Crippen molar-refractivity contribution in [3.63, 3.8) is 0 Å². The second kappa shape index (κ2) is 10.2. The van der Waals surface area contributed by atoms with Crippen molar-refractivity contribution in [2.24, 2.45) is 10.9 Å². The van der Waals surface area contributed by atoms with E-state index in [0.29, 0.717) is 11.3 Å². The molecule has 36 heavy (non-hydrogen) atoms. The summed E-state index contributed by atoms with van der Waals surface area (Å²) in [4.78, 5) is 57.9. The number of rotatable bonds is 7. The van der Waals surface area contributed by atoms with Crippen LogP contribution < -0.4 is 0 Å². The molecule has 0 bridgehead atoms. The van der Waals surface area contributed by atoms with Gasteiger partial charge in [0.1, 0.15) is 11.7 Å². The molecule has 4 rings (SSSR count). The molecule has 2 aromatic rings. The van der Waals surface area contributed by atoms with Gasteiger partial charge < -0.3 is 9.47 Å². The third-order valence-corrected chi connectivity index (χ3v) is 6.17. The number of benzene rings is 2. The van der Waals surface area contributed by atoms with Crippen LogP contribution in [0.3, 0.4) is 0 Å². The predicted molar refractivity (Wildman–Crippen MR) is 128 cm³/mol. The fraction of sp³-hybridized carbons (Fsp3) is 0.296. The summed E-state index contributed by atoms with van der Waals surface area (Å²) in [6.45, 7) is 4.77. The number of imide groups is 1. The minimum absolute atomic E-state index is 0.0173. The number of fused-ring (bicyclic) bond motifs is 1. The molecule has 2 amide bonds. The van der Waals surface area contributed by atoms with E-state index in [1.807, 2.05) is 0 Å². The molecule has 2 atom stereocenters. The van der Waals surface area contributed by atoms with Crippen molar-refractivity contribution in [2.75, 3.05) is 19.8 Å². The number of carbonyl (C=O) groups excluding carboxylic acids is 4. The molecule has 0 aliphatic carbocycles. The summed E-state index contributed by atoms with van der Waals surface area (Å²) in [7, 11) is 0. The second-order valence-electron chi connectivity index (χ2n) is 8.33. The fourth-order valence-corrected chi connectivity index (χ4v) is 4.60. The molecule has 2 aromatic carbocycles. The number of hydrogen-bond acceptors (Lipinski definition) is 7. The molecular weight excluding hydrogens is 467 g/mol. The van der Waals surface area contributed by atoms with Gasteiger partial charge in [-0.05, 0) is 50.6 Å². The molecule has 2 unspecified atom stereocenters. The lowest BCUT2D eigenvalue weighted by Gasteiger charge is -2.33.